The molecule has 0 radical (unpaired) electrons. The van der Waals surface area contributed by atoms with Crippen molar-refractivity contribution in [3.63, 3.8) is 0 Å². The van der Waals surface area contributed by atoms with E-state index in [0.717, 1.165) is 0 Å². The SMILES string of the molecule is COc1cc2ncnc(Nc3cccc(C(C)=O)c3)c2cc1OC(C)=O.Cl. The van der Waals surface area contributed by atoms with E-state index < -0.39 is 5.97 Å². The lowest BCUT2D eigenvalue weighted by Crippen LogP contribution is -2.04. The van der Waals surface area contributed by atoms with Gasteiger partial charge in [0.05, 0.1) is 12.6 Å². The maximum atomic E-state index is 11.6. The van der Waals surface area contributed by atoms with E-state index in [0.29, 0.717) is 33.7 Å². The van der Waals surface area contributed by atoms with Gasteiger partial charge in [-0.2, -0.15) is 0 Å². The summed E-state index contributed by atoms with van der Waals surface area (Å²) in [5.74, 6) is 0.719. The highest BCUT2D eigenvalue weighted by molar-refractivity contribution is 5.96. The summed E-state index contributed by atoms with van der Waals surface area (Å²) in [5, 5.41) is 3.83. The minimum atomic E-state index is -0.455. The van der Waals surface area contributed by atoms with Crippen molar-refractivity contribution in [1.29, 1.82) is 0 Å². The number of nitrogens with zero attached hydrogens (tertiary/aromatic N) is 2. The van der Waals surface area contributed by atoms with Crippen LogP contribution in [0.2, 0.25) is 0 Å². The maximum absolute atomic E-state index is 11.6. The Hall–Kier alpha value is -3.19. The van der Waals surface area contributed by atoms with E-state index in [9.17, 15) is 9.59 Å². The van der Waals surface area contributed by atoms with E-state index in [-0.39, 0.29) is 23.9 Å². The fourth-order valence-corrected chi connectivity index (χ4v) is 2.51. The predicted octanol–water partition coefficient (Wildman–Crippen LogP) is 3.93. The molecule has 0 spiro atoms. The zero-order valence-electron chi connectivity index (χ0n) is 15.0. The zero-order chi connectivity index (χ0) is 18.7. The van der Waals surface area contributed by atoms with E-state index in [4.69, 9.17) is 9.47 Å². The van der Waals surface area contributed by atoms with Crippen LogP contribution in [0, 0.1) is 0 Å². The van der Waals surface area contributed by atoms with Gasteiger partial charge in [0.25, 0.3) is 0 Å². The van der Waals surface area contributed by atoms with Gasteiger partial charge in [-0.25, -0.2) is 9.97 Å². The second-order valence-electron chi connectivity index (χ2n) is 5.60. The third kappa shape index (κ3) is 4.51. The van der Waals surface area contributed by atoms with Gasteiger partial charge in [-0.05, 0) is 25.1 Å². The molecule has 7 nitrogen and oxygen atoms in total. The Labute approximate surface area is 162 Å². The molecule has 140 valence electrons. The number of nitrogens with one attached hydrogen (secondary N) is 1. The molecule has 0 unspecified atom stereocenters. The number of carbonyl (C=O) groups is 2. The molecular formula is C19H18ClN3O4. The molecule has 3 aromatic rings. The summed E-state index contributed by atoms with van der Waals surface area (Å²) in [7, 11) is 1.49. The summed E-state index contributed by atoms with van der Waals surface area (Å²) in [4.78, 5) is 31.4. The summed E-state index contributed by atoms with van der Waals surface area (Å²) in [6, 6.07) is 10.4. The number of rotatable bonds is 5. The van der Waals surface area contributed by atoms with Crippen LogP contribution in [0.5, 0.6) is 11.5 Å². The first-order valence-corrected chi connectivity index (χ1v) is 7.87. The minimum Gasteiger partial charge on any atom is -0.493 e. The van der Waals surface area contributed by atoms with Gasteiger partial charge in [0.15, 0.2) is 17.3 Å². The number of ketones is 1. The molecule has 3 rings (SSSR count). The number of esters is 1. The van der Waals surface area contributed by atoms with Gasteiger partial charge in [-0.1, -0.05) is 12.1 Å². The summed E-state index contributed by atoms with van der Waals surface area (Å²) in [6.07, 6.45) is 1.42. The number of ether oxygens (including phenoxy) is 2. The third-order valence-electron chi connectivity index (χ3n) is 3.71. The van der Waals surface area contributed by atoms with Crippen LogP contribution in [0.25, 0.3) is 10.9 Å². The second kappa shape index (κ2) is 8.46. The number of methoxy groups -OCH3 is 1. The highest BCUT2D eigenvalue weighted by Gasteiger charge is 2.13. The quantitative estimate of drug-likeness (QED) is 0.403. The van der Waals surface area contributed by atoms with Crippen LogP contribution in [0.1, 0.15) is 24.2 Å². The summed E-state index contributed by atoms with van der Waals surface area (Å²) < 4.78 is 10.5. The van der Waals surface area contributed by atoms with Crippen LogP contribution < -0.4 is 14.8 Å². The lowest BCUT2D eigenvalue weighted by Gasteiger charge is -2.12. The van der Waals surface area contributed by atoms with Crippen LogP contribution in [0.15, 0.2) is 42.7 Å². The number of hydrogen-bond acceptors (Lipinski definition) is 7. The van der Waals surface area contributed by atoms with Crippen LogP contribution in [0.4, 0.5) is 11.5 Å². The predicted molar refractivity (Wildman–Crippen MR) is 104 cm³/mol. The van der Waals surface area contributed by atoms with Crippen molar-refractivity contribution in [2.45, 2.75) is 13.8 Å². The molecule has 0 bridgehead atoms. The Kier molecular flexibility index (Phi) is 6.31. The molecule has 0 aliphatic carbocycles. The van der Waals surface area contributed by atoms with Crippen molar-refractivity contribution in [2.24, 2.45) is 0 Å². The van der Waals surface area contributed by atoms with E-state index in [1.807, 2.05) is 6.07 Å². The number of Topliss-reactive ketones (excluding diaryl/α,β-unsaturated/α-hetero) is 1. The Bertz CT molecular complexity index is 1010. The molecule has 0 saturated carbocycles. The molecule has 0 aliphatic heterocycles. The molecule has 1 heterocycles. The number of carbonyl (C=O) groups excluding carboxylic acids is 2. The normalized spacial score (nSPS) is 10.0. The lowest BCUT2D eigenvalue weighted by atomic mass is 10.1. The highest BCUT2D eigenvalue weighted by atomic mass is 35.5. The van der Waals surface area contributed by atoms with Crippen molar-refractivity contribution in [3.05, 3.63) is 48.3 Å². The Morgan fingerprint density at radius 3 is 2.48 bits per heavy atom. The minimum absolute atomic E-state index is 0. The Morgan fingerprint density at radius 2 is 1.81 bits per heavy atom. The number of halogens is 1. The maximum Gasteiger partial charge on any atom is 0.308 e. The molecule has 1 aromatic heterocycles. The van der Waals surface area contributed by atoms with Crippen LogP contribution in [-0.2, 0) is 4.79 Å². The average molecular weight is 388 g/mol. The van der Waals surface area contributed by atoms with Crippen molar-refractivity contribution in [2.75, 3.05) is 12.4 Å². The molecule has 0 fully saturated rings. The van der Waals surface area contributed by atoms with E-state index in [1.54, 1.807) is 30.3 Å². The first-order valence-electron chi connectivity index (χ1n) is 7.87. The molecule has 0 aliphatic rings. The molecule has 0 saturated heterocycles. The van der Waals surface area contributed by atoms with Crippen molar-refractivity contribution in [1.82, 2.24) is 9.97 Å². The fourth-order valence-electron chi connectivity index (χ4n) is 2.51. The topological polar surface area (TPSA) is 90.4 Å². The standard InChI is InChI=1S/C19H17N3O4.ClH/c1-11(23)13-5-4-6-14(7-13)22-19-15-8-18(26-12(2)24)17(25-3)9-16(15)20-10-21-19;/h4-10H,1-3H3,(H,20,21,22);1H. The number of hydrogen-bond donors (Lipinski definition) is 1. The molecule has 2 aromatic carbocycles. The number of aromatic nitrogens is 2. The number of anilines is 2. The Balaban J connectivity index is 0.00000261. The third-order valence-corrected chi connectivity index (χ3v) is 3.71. The van der Waals surface area contributed by atoms with Gasteiger partial charge >= 0.3 is 5.97 Å². The van der Waals surface area contributed by atoms with Crippen LogP contribution >= 0.6 is 12.4 Å². The average Bonchev–Trinajstić information content (AvgIpc) is 2.61. The van der Waals surface area contributed by atoms with Crippen molar-refractivity contribution < 1.29 is 19.1 Å². The lowest BCUT2D eigenvalue weighted by molar-refractivity contribution is -0.132. The van der Waals surface area contributed by atoms with E-state index in [2.05, 4.69) is 15.3 Å². The fraction of sp³-hybridized carbons (Fsp3) is 0.158. The number of benzene rings is 2. The van der Waals surface area contributed by atoms with Gasteiger partial charge < -0.3 is 14.8 Å². The van der Waals surface area contributed by atoms with Gasteiger partial charge in [-0.15, -0.1) is 12.4 Å². The molecule has 0 atom stereocenters. The summed E-state index contributed by atoms with van der Waals surface area (Å²) in [5.41, 5.74) is 1.93. The van der Waals surface area contributed by atoms with Crippen molar-refractivity contribution in [3.8, 4) is 11.5 Å². The number of fused-ring (bicyclic) bond motifs is 1. The van der Waals surface area contributed by atoms with Crippen LogP contribution in [0.3, 0.4) is 0 Å². The zero-order valence-corrected chi connectivity index (χ0v) is 15.8. The summed E-state index contributed by atoms with van der Waals surface area (Å²) >= 11 is 0. The first-order chi connectivity index (χ1) is 12.5. The monoisotopic (exact) mass is 387 g/mol. The van der Waals surface area contributed by atoms with Gasteiger partial charge in [-0.3, -0.25) is 9.59 Å². The smallest absolute Gasteiger partial charge is 0.308 e. The second-order valence-corrected chi connectivity index (χ2v) is 5.60. The highest BCUT2D eigenvalue weighted by Crippen LogP contribution is 2.34. The van der Waals surface area contributed by atoms with E-state index >= 15 is 0 Å². The molecule has 27 heavy (non-hydrogen) atoms. The largest absolute Gasteiger partial charge is 0.493 e. The van der Waals surface area contributed by atoms with E-state index in [1.165, 1.54) is 27.3 Å². The van der Waals surface area contributed by atoms with Gasteiger partial charge in [0.2, 0.25) is 0 Å². The molecule has 8 heteroatoms. The van der Waals surface area contributed by atoms with Crippen molar-refractivity contribution >= 4 is 46.6 Å². The Morgan fingerprint density at radius 1 is 1.04 bits per heavy atom. The molecule has 0 amide bonds. The van der Waals surface area contributed by atoms with Gasteiger partial charge in [0, 0.05) is 29.6 Å². The summed E-state index contributed by atoms with van der Waals surface area (Å²) in [6.45, 7) is 2.83. The first kappa shape index (κ1) is 20.1. The van der Waals surface area contributed by atoms with Gasteiger partial charge in [0.1, 0.15) is 12.1 Å². The molecular weight excluding hydrogens is 370 g/mol. The molecule has 1 N–H and O–H groups in total. The van der Waals surface area contributed by atoms with Crippen LogP contribution in [-0.4, -0.2) is 28.8 Å².